The molecule has 1 aliphatic heterocycles. The van der Waals surface area contributed by atoms with Gasteiger partial charge >= 0.3 is 5.97 Å². The van der Waals surface area contributed by atoms with E-state index < -0.39 is 5.54 Å². The largest absolute Gasteiger partial charge is 0.465 e. The Hall–Kier alpha value is -0.610. The number of nitrogens with two attached hydrogens (primary N) is 1. The van der Waals surface area contributed by atoms with Crippen molar-refractivity contribution in [3.63, 3.8) is 0 Å². The molecule has 2 N–H and O–H groups in total. The second-order valence-electron chi connectivity index (χ2n) is 7.37. The summed E-state index contributed by atoms with van der Waals surface area (Å²) in [4.78, 5) is 14.2. The van der Waals surface area contributed by atoms with Crippen LogP contribution in [-0.2, 0) is 9.53 Å². The van der Waals surface area contributed by atoms with Gasteiger partial charge < -0.3 is 15.4 Å². The summed E-state index contributed by atoms with van der Waals surface area (Å²) in [6.45, 7) is 14.0. The summed E-state index contributed by atoms with van der Waals surface area (Å²) in [6, 6.07) is 0. The van der Waals surface area contributed by atoms with Crippen LogP contribution in [-0.4, -0.2) is 42.6 Å². The van der Waals surface area contributed by atoms with Crippen molar-refractivity contribution in [3.05, 3.63) is 0 Å². The Balaban J connectivity index is 2.36. The smallest absolute Gasteiger partial charge is 0.325 e. The molecule has 1 aliphatic rings. The Morgan fingerprint density at radius 3 is 2.25 bits per heavy atom. The lowest BCUT2D eigenvalue weighted by atomic mass is 9.75. The van der Waals surface area contributed by atoms with E-state index in [1.54, 1.807) is 6.92 Å². The van der Waals surface area contributed by atoms with Crippen LogP contribution in [0.5, 0.6) is 0 Å². The van der Waals surface area contributed by atoms with Crippen molar-refractivity contribution < 1.29 is 9.53 Å². The van der Waals surface area contributed by atoms with Crippen LogP contribution in [0, 0.1) is 11.3 Å². The van der Waals surface area contributed by atoms with Crippen molar-refractivity contribution in [1.82, 2.24) is 4.90 Å². The fraction of sp³-hybridized carbons (Fsp3) is 0.938. The number of carbonyl (C=O) groups is 1. The molecule has 0 aliphatic carbocycles. The van der Waals surface area contributed by atoms with Crippen LogP contribution in [0.15, 0.2) is 0 Å². The number of carbonyl (C=O) groups excluding carboxylic acids is 1. The second kappa shape index (κ2) is 6.90. The number of ether oxygens (including phenoxy) is 1. The minimum atomic E-state index is -0.864. The zero-order valence-corrected chi connectivity index (χ0v) is 13.9. The van der Waals surface area contributed by atoms with Crippen LogP contribution in [0.25, 0.3) is 0 Å². The van der Waals surface area contributed by atoms with Crippen molar-refractivity contribution in [2.24, 2.45) is 17.1 Å². The number of hydrogen-bond acceptors (Lipinski definition) is 4. The Bertz CT molecular complexity index is 313. The van der Waals surface area contributed by atoms with Crippen LogP contribution >= 0.6 is 0 Å². The first-order chi connectivity index (χ1) is 9.16. The van der Waals surface area contributed by atoms with Gasteiger partial charge in [-0.2, -0.15) is 0 Å². The van der Waals surface area contributed by atoms with Gasteiger partial charge in [-0.3, -0.25) is 4.79 Å². The van der Waals surface area contributed by atoms with E-state index in [2.05, 4.69) is 25.7 Å². The van der Waals surface area contributed by atoms with Gasteiger partial charge in [0.15, 0.2) is 0 Å². The minimum absolute atomic E-state index is 0.287. The first-order valence-corrected chi connectivity index (χ1v) is 7.85. The Morgan fingerprint density at radius 2 is 1.80 bits per heavy atom. The van der Waals surface area contributed by atoms with E-state index in [-0.39, 0.29) is 5.97 Å². The molecule has 0 aromatic carbocycles. The molecule has 0 radical (unpaired) electrons. The maximum atomic E-state index is 11.8. The molecular formula is C16H32N2O2. The summed E-state index contributed by atoms with van der Waals surface area (Å²) in [5.41, 5.74) is 5.60. The molecule has 1 rings (SSSR count). The molecule has 0 saturated carbocycles. The summed E-state index contributed by atoms with van der Waals surface area (Å²) in [6.07, 6.45) is 3.14. The fourth-order valence-electron chi connectivity index (χ4n) is 2.81. The van der Waals surface area contributed by atoms with Crippen LogP contribution in [0.4, 0.5) is 0 Å². The lowest BCUT2D eigenvalue weighted by Crippen LogP contribution is -2.49. The predicted octanol–water partition coefficient (Wildman–Crippen LogP) is 2.42. The fourth-order valence-corrected chi connectivity index (χ4v) is 2.81. The number of piperidine rings is 1. The van der Waals surface area contributed by atoms with Crippen molar-refractivity contribution in [2.45, 2.75) is 59.4 Å². The number of likely N-dealkylation sites (tertiary alicyclic amines) is 1. The number of esters is 1. The van der Waals surface area contributed by atoms with E-state index in [0.29, 0.717) is 18.4 Å². The van der Waals surface area contributed by atoms with Crippen LogP contribution in [0.1, 0.15) is 53.9 Å². The molecule has 1 fully saturated rings. The van der Waals surface area contributed by atoms with E-state index in [9.17, 15) is 4.79 Å². The third-order valence-corrected chi connectivity index (χ3v) is 4.50. The van der Waals surface area contributed by atoms with Crippen molar-refractivity contribution in [2.75, 3.05) is 26.2 Å². The molecule has 1 atom stereocenters. The summed E-state index contributed by atoms with van der Waals surface area (Å²) in [7, 11) is 0. The molecular weight excluding hydrogens is 252 g/mol. The molecule has 0 amide bonds. The van der Waals surface area contributed by atoms with Crippen LogP contribution in [0.3, 0.4) is 0 Å². The summed E-state index contributed by atoms with van der Waals surface area (Å²) in [5.74, 6) is 0.512. The van der Waals surface area contributed by atoms with Crippen LogP contribution in [0.2, 0.25) is 0 Å². The normalized spacial score (nSPS) is 21.5. The Labute approximate surface area is 124 Å². The van der Waals surface area contributed by atoms with Gasteiger partial charge in [0.1, 0.15) is 5.54 Å². The van der Waals surface area contributed by atoms with E-state index in [4.69, 9.17) is 10.5 Å². The standard InChI is InChI=1S/C16H32N2O2/c1-6-20-14(19)16(5,17)9-12-18-10-7-13(8-11-18)15(2,3)4/h13H,6-12,17H2,1-5H3. The van der Waals surface area contributed by atoms with Crippen molar-refractivity contribution in [3.8, 4) is 0 Å². The molecule has 4 heteroatoms. The summed E-state index contributed by atoms with van der Waals surface area (Å²) < 4.78 is 5.03. The molecule has 1 unspecified atom stereocenters. The molecule has 1 heterocycles. The monoisotopic (exact) mass is 284 g/mol. The van der Waals surface area contributed by atoms with Gasteiger partial charge in [0.2, 0.25) is 0 Å². The summed E-state index contributed by atoms with van der Waals surface area (Å²) >= 11 is 0. The van der Waals surface area contributed by atoms with Gasteiger partial charge in [-0.15, -0.1) is 0 Å². The predicted molar refractivity (Wildman–Crippen MR) is 82.5 cm³/mol. The molecule has 1 saturated heterocycles. The molecule has 0 bridgehead atoms. The highest BCUT2D eigenvalue weighted by Gasteiger charge is 2.32. The van der Waals surface area contributed by atoms with E-state index in [1.165, 1.54) is 12.8 Å². The van der Waals surface area contributed by atoms with E-state index in [0.717, 1.165) is 25.6 Å². The molecule has 20 heavy (non-hydrogen) atoms. The Kier molecular flexibility index (Phi) is 6.02. The maximum Gasteiger partial charge on any atom is 0.325 e. The van der Waals surface area contributed by atoms with Crippen molar-refractivity contribution >= 4 is 5.97 Å². The SMILES string of the molecule is CCOC(=O)C(C)(N)CCN1CCC(C(C)(C)C)CC1. The van der Waals surface area contributed by atoms with Crippen molar-refractivity contribution in [1.29, 1.82) is 0 Å². The molecule has 4 nitrogen and oxygen atoms in total. The first kappa shape index (κ1) is 17.4. The Morgan fingerprint density at radius 1 is 1.25 bits per heavy atom. The zero-order chi connectivity index (χ0) is 15.4. The quantitative estimate of drug-likeness (QED) is 0.788. The van der Waals surface area contributed by atoms with Gasteiger partial charge in [0.05, 0.1) is 6.61 Å². The topological polar surface area (TPSA) is 55.6 Å². The number of nitrogens with zero attached hydrogens (tertiary/aromatic N) is 1. The third-order valence-electron chi connectivity index (χ3n) is 4.50. The third kappa shape index (κ3) is 5.06. The molecule has 0 spiro atoms. The summed E-state index contributed by atoms with van der Waals surface area (Å²) in [5, 5.41) is 0. The van der Waals surface area contributed by atoms with E-state index in [1.807, 2.05) is 6.92 Å². The highest BCUT2D eigenvalue weighted by Crippen LogP contribution is 2.34. The highest BCUT2D eigenvalue weighted by atomic mass is 16.5. The zero-order valence-electron chi connectivity index (χ0n) is 13.9. The van der Waals surface area contributed by atoms with Gasteiger partial charge in [0.25, 0.3) is 0 Å². The number of rotatable bonds is 5. The second-order valence-corrected chi connectivity index (χ2v) is 7.37. The molecule has 118 valence electrons. The van der Waals surface area contributed by atoms with Gasteiger partial charge in [-0.1, -0.05) is 20.8 Å². The van der Waals surface area contributed by atoms with E-state index >= 15 is 0 Å². The minimum Gasteiger partial charge on any atom is -0.465 e. The lowest BCUT2D eigenvalue weighted by Gasteiger charge is -2.39. The molecule has 0 aromatic rings. The average Bonchev–Trinajstić information content (AvgIpc) is 2.36. The average molecular weight is 284 g/mol. The first-order valence-electron chi connectivity index (χ1n) is 7.85. The highest BCUT2D eigenvalue weighted by molar-refractivity contribution is 5.79. The van der Waals surface area contributed by atoms with Gasteiger partial charge in [-0.05, 0) is 57.5 Å². The van der Waals surface area contributed by atoms with Gasteiger partial charge in [-0.25, -0.2) is 0 Å². The molecule has 0 aromatic heterocycles. The van der Waals surface area contributed by atoms with Crippen LogP contribution < -0.4 is 5.73 Å². The lowest BCUT2D eigenvalue weighted by molar-refractivity contribution is -0.149. The number of hydrogen-bond donors (Lipinski definition) is 1. The van der Waals surface area contributed by atoms with Gasteiger partial charge in [0, 0.05) is 6.54 Å². The maximum absolute atomic E-state index is 11.8.